The highest BCUT2D eigenvalue weighted by atomic mass is 16.3. The first-order chi connectivity index (χ1) is 6.80. The lowest BCUT2D eigenvalue weighted by Crippen LogP contribution is -2.74. The lowest BCUT2D eigenvalue weighted by atomic mass is 9.47. The van der Waals surface area contributed by atoms with Crippen molar-refractivity contribution < 1.29 is 15.3 Å². The van der Waals surface area contributed by atoms with Crippen molar-refractivity contribution in [2.45, 2.75) is 60.9 Å². The zero-order chi connectivity index (χ0) is 10.9. The first-order valence-corrected chi connectivity index (χ1v) is 5.66. The summed E-state index contributed by atoms with van der Waals surface area (Å²) < 4.78 is 0. The van der Waals surface area contributed by atoms with Gasteiger partial charge in [0.25, 0.3) is 0 Å². The molecule has 0 heterocycles. The number of hydrogen-bond donors (Lipinski definition) is 4. The van der Waals surface area contributed by atoms with E-state index in [-0.39, 0.29) is 5.54 Å². The highest BCUT2D eigenvalue weighted by Crippen LogP contribution is 2.60. The van der Waals surface area contributed by atoms with Crippen LogP contribution >= 0.6 is 0 Å². The molecular weight excluding hydrogens is 194 g/mol. The van der Waals surface area contributed by atoms with E-state index in [0.29, 0.717) is 38.5 Å². The summed E-state index contributed by atoms with van der Waals surface area (Å²) >= 11 is 0. The Bertz CT molecular complexity index is 263. The molecule has 4 heteroatoms. The normalized spacial score (nSPS) is 62.4. The molecular formula is C11H19NO3. The van der Waals surface area contributed by atoms with Gasteiger partial charge in [0.2, 0.25) is 0 Å². The highest BCUT2D eigenvalue weighted by molar-refractivity contribution is 5.22. The Hall–Kier alpha value is -0.160. The van der Waals surface area contributed by atoms with Gasteiger partial charge < -0.3 is 20.6 Å². The average molecular weight is 213 g/mol. The maximum absolute atomic E-state index is 10.4. The molecule has 0 aromatic rings. The summed E-state index contributed by atoms with van der Waals surface area (Å²) in [5, 5.41) is 34.3. The van der Waals surface area contributed by atoms with Gasteiger partial charge in [-0.25, -0.2) is 0 Å². The zero-order valence-electron chi connectivity index (χ0n) is 9.08. The van der Waals surface area contributed by atoms with Crippen LogP contribution in [0.1, 0.15) is 38.5 Å². The smallest absolute Gasteiger partial charge is 0.0720 e. The lowest BCUT2D eigenvalue weighted by molar-refractivity contribution is -0.263. The molecule has 0 radical (unpaired) electrons. The fourth-order valence-electron chi connectivity index (χ4n) is 4.74. The van der Waals surface area contributed by atoms with E-state index >= 15 is 0 Å². The third-order valence-electron chi connectivity index (χ3n) is 4.51. The van der Waals surface area contributed by atoms with Gasteiger partial charge in [0.05, 0.1) is 16.8 Å². The van der Waals surface area contributed by atoms with E-state index in [1.807, 2.05) is 7.05 Å². The fourth-order valence-corrected chi connectivity index (χ4v) is 4.74. The summed E-state index contributed by atoms with van der Waals surface area (Å²) in [6.45, 7) is 0. The molecule has 0 aromatic heterocycles. The quantitative estimate of drug-likeness (QED) is 0.475. The third-order valence-corrected chi connectivity index (χ3v) is 4.51. The zero-order valence-corrected chi connectivity index (χ0v) is 9.08. The van der Waals surface area contributed by atoms with Crippen molar-refractivity contribution in [1.82, 2.24) is 5.32 Å². The van der Waals surface area contributed by atoms with Crippen LogP contribution in [0.4, 0.5) is 0 Å². The third kappa shape index (κ3) is 1.29. The van der Waals surface area contributed by atoms with E-state index in [0.717, 1.165) is 0 Å². The minimum absolute atomic E-state index is 0.271. The summed E-state index contributed by atoms with van der Waals surface area (Å²) in [5.74, 6) is 0. The first kappa shape index (κ1) is 10.0. The van der Waals surface area contributed by atoms with Gasteiger partial charge in [-0.2, -0.15) is 0 Å². The Labute approximate surface area is 89.3 Å². The number of nitrogens with one attached hydrogen (secondary N) is 1. The van der Waals surface area contributed by atoms with Crippen molar-refractivity contribution >= 4 is 0 Å². The van der Waals surface area contributed by atoms with Crippen LogP contribution in [0.15, 0.2) is 0 Å². The first-order valence-electron chi connectivity index (χ1n) is 5.66. The molecule has 4 aliphatic carbocycles. The molecule has 0 aromatic carbocycles. The molecule has 4 bridgehead atoms. The molecule has 0 saturated heterocycles. The largest absolute Gasteiger partial charge is 0.390 e. The Morgan fingerprint density at radius 2 is 1.07 bits per heavy atom. The summed E-state index contributed by atoms with van der Waals surface area (Å²) in [6.07, 6.45) is 3.23. The van der Waals surface area contributed by atoms with E-state index in [1.165, 1.54) is 0 Å². The fraction of sp³-hybridized carbons (Fsp3) is 1.00. The average Bonchev–Trinajstić information content (AvgIpc) is 1.94. The van der Waals surface area contributed by atoms with Crippen molar-refractivity contribution in [3.63, 3.8) is 0 Å². The Morgan fingerprint density at radius 3 is 1.33 bits per heavy atom. The molecule has 0 amide bonds. The van der Waals surface area contributed by atoms with Crippen molar-refractivity contribution in [2.24, 2.45) is 0 Å². The van der Waals surface area contributed by atoms with Gasteiger partial charge in [0.15, 0.2) is 0 Å². The van der Waals surface area contributed by atoms with Crippen LogP contribution in [0.5, 0.6) is 0 Å². The van der Waals surface area contributed by atoms with Crippen LogP contribution in [0, 0.1) is 0 Å². The van der Waals surface area contributed by atoms with Crippen molar-refractivity contribution in [1.29, 1.82) is 0 Å². The molecule has 4 rings (SSSR count). The molecule has 4 nitrogen and oxygen atoms in total. The summed E-state index contributed by atoms with van der Waals surface area (Å²) in [5.41, 5.74) is -2.89. The monoisotopic (exact) mass is 213 g/mol. The van der Waals surface area contributed by atoms with Crippen LogP contribution in [-0.4, -0.2) is 44.7 Å². The van der Waals surface area contributed by atoms with Crippen LogP contribution in [0.25, 0.3) is 0 Å². The summed E-state index contributed by atoms with van der Waals surface area (Å²) in [7, 11) is 1.85. The lowest BCUT2D eigenvalue weighted by Gasteiger charge is -2.66. The minimum atomic E-state index is -0.874. The minimum Gasteiger partial charge on any atom is -0.390 e. The van der Waals surface area contributed by atoms with Crippen LogP contribution < -0.4 is 5.32 Å². The highest BCUT2D eigenvalue weighted by Gasteiger charge is 2.67. The van der Waals surface area contributed by atoms with Gasteiger partial charge >= 0.3 is 0 Å². The maximum Gasteiger partial charge on any atom is 0.0720 e. The second-order valence-electron chi connectivity index (χ2n) is 6.26. The van der Waals surface area contributed by atoms with E-state index in [2.05, 4.69) is 5.32 Å². The van der Waals surface area contributed by atoms with E-state index in [1.54, 1.807) is 0 Å². The van der Waals surface area contributed by atoms with Crippen molar-refractivity contribution in [3.05, 3.63) is 0 Å². The van der Waals surface area contributed by atoms with E-state index in [9.17, 15) is 15.3 Å². The number of hydrogen-bond acceptors (Lipinski definition) is 4. The van der Waals surface area contributed by atoms with Crippen molar-refractivity contribution in [3.8, 4) is 0 Å². The van der Waals surface area contributed by atoms with E-state index in [4.69, 9.17) is 0 Å². The Balaban J connectivity index is 2.06. The van der Waals surface area contributed by atoms with Gasteiger partial charge in [-0.05, 0) is 26.3 Å². The van der Waals surface area contributed by atoms with Gasteiger partial charge in [0, 0.05) is 24.8 Å². The van der Waals surface area contributed by atoms with Crippen molar-refractivity contribution in [2.75, 3.05) is 7.05 Å². The van der Waals surface area contributed by atoms with Crippen LogP contribution in [-0.2, 0) is 0 Å². The Kier molecular flexibility index (Phi) is 1.60. The Morgan fingerprint density at radius 1 is 0.733 bits per heavy atom. The van der Waals surface area contributed by atoms with E-state index < -0.39 is 16.8 Å². The molecule has 0 aliphatic heterocycles. The van der Waals surface area contributed by atoms with Gasteiger partial charge in [-0.15, -0.1) is 0 Å². The molecule has 0 atom stereocenters. The number of rotatable bonds is 1. The summed E-state index contributed by atoms with van der Waals surface area (Å²) in [6, 6.07) is 0. The predicted molar refractivity (Wildman–Crippen MR) is 54.3 cm³/mol. The molecule has 0 spiro atoms. The van der Waals surface area contributed by atoms with Gasteiger partial charge in [-0.1, -0.05) is 0 Å². The predicted octanol–water partition coefficient (Wildman–Crippen LogP) is -0.481. The molecule has 4 saturated carbocycles. The van der Waals surface area contributed by atoms with Crippen LogP contribution in [0.2, 0.25) is 0 Å². The molecule has 86 valence electrons. The second-order valence-corrected chi connectivity index (χ2v) is 6.26. The summed E-state index contributed by atoms with van der Waals surface area (Å²) in [4.78, 5) is 0. The van der Waals surface area contributed by atoms with Gasteiger partial charge in [-0.3, -0.25) is 0 Å². The van der Waals surface area contributed by atoms with Crippen LogP contribution in [0.3, 0.4) is 0 Å². The molecule has 15 heavy (non-hydrogen) atoms. The number of aliphatic hydroxyl groups is 3. The van der Waals surface area contributed by atoms with Gasteiger partial charge in [0.1, 0.15) is 0 Å². The molecule has 4 N–H and O–H groups in total. The SMILES string of the molecule is CNC12CC3(O)CC(O)(CC(O)(C3)C1)C2. The standard InChI is InChI=1S/C11H19NO3/c1-12-8-2-9(13)5-10(14,3-8)7-11(15,4-8)6-9/h12-15H,2-7H2,1H3. The molecule has 4 fully saturated rings. The maximum atomic E-state index is 10.4. The second kappa shape index (κ2) is 2.40. The molecule has 4 aliphatic rings. The molecule has 0 unspecified atom stereocenters. The topological polar surface area (TPSA) is 72.7 Å².